The maximum Gasteiger partial charge on any atom is 0.222 e. The molecule has 3 heterocycles. The Hall–Kier alpha value is -1.40. The first kappa shape index (κ1) is 15.5. The van der Waals surface area contributed by atoms with Crippen LogP contribution in [0.25, 0.3) is 0 Å². The highest BCUT2D eigenvalue weighted by atomic mass is 16.3. The number of aliphatic hydroxyl groups is 1. The average molecular weight is 306 g/mol. The van der Waals surface area contributed by atoms with Crippen molar-refractivity contribution in [1.29, 1.82) is 0 Å². The first-order chi connectivity index (χ1) is 10.5. The molecule has 2 aliphatic heterocycles. The summed E-state index contributed by atoms with van der Waals surface area (Å²) in [5.74, 6) is 0.787. The lowest BCUT2D eigenvalue weighted by molar-refractivity contribution is -0.133. The first-order valence-electron chi connectivity index (χ1n) is 8.15. The molecule has 3 rings (SSSR count). The lowest BCUT2D eigenvalue weighted by Gasteiger charge is -2.33. The van der Waals surface area contributed by atoms with Crippen molar-refractivity contribution >= 4 is 5.91 Å². The van der Waals surface area contributed by atoms with Crippen LogP contribution < -0.4 is 0 Å². The summed E-state index contributed by atoms with van der Waals surface area (Å²) >= 11 is 0. The molecular formula is C16H26N4O2. The van der Waals surface area contributed by atoms with Gasteiger partial charge in [-0.15, -0.1) is 0 Å². The fourth-order valence-corrected chi connectivity index (χ4v) is 3.80. The van der Waals surface area contributed by atoms with Gasteiger partial charge in [-0.1, -0.05) is 0 Å². The maximum atomic E-state index is 12.4. The van der Waals surface area contributed by atoms with E-state index in [1.807, 2.05) is 31.5 Å². The van der Waals surface area contributed by atoms with E-state index >= 15 is 0 Å². The van der Waals surface area contributed by atoms with Crippen molar-refractivity contribution in [3.05, 3.63) is 18.2 Å². The van der Waals surface area contributed by atoms with Crippen LogP contribution in [0, 0.1) is 5.92 Å². The molecule has 1 aromatic heterocycles. The van der Waals surface area contributed by atoms with Gasteiger partial charge in [-0.25, -0.2) is 4.98 Å². The number of likely N-dealkylation sites (tertiary alicyclic amines) is 2. The zero-order chi connectivity index (χ0) is 15.7. The van der Waals surface area contributed by atoms with E-state index in [1.54, 1.807) is 0 Å². The number of aliphatic hydroxyl groups excluding tert-OH is 1. The van der Waals surface area contributed by atoms with Crippen LogP contribution in [-0.2, 0) is 11.8 Å². The molecule has 2 saturated heterocycles. The summed E-state index contributed by atoms with van der Waals surface area (Å²) in [5, 5.41) is 9.98. The zero-order valence-electron chi connectivity index (χ0n) is 13.5. The van der Waals surface area contributed by atoms with Crippen LogP contribution in [0.1, 0.15) is 30.9 Å². The molecule has 1 amide bonds. The molecule has 6 heteroatoms. The van der Waals surface area contributed by atoms with Crippen LogP contribution in [0.3, 0.4) is 0 Å². The van der Waals surface area contributed by atoms with Gasteiger partial charge in [-0.2, -0.15) is 0 Å². The molecule has 0 radical (unpaired) electrons. The molecule has 122 valence electrons. The summed E-state index contributed by atoms with van der Waals surface area (Å²) in [6.07, 6.45) is 5.89. The van der Waals surface area contributed by atoms with E-state index in [9.17, 15) is 9.90 Å². The third-order valence-corrected chi connectivity index (χ3v) is 5.15. The fraction of sp³-hybridized carbons (Fsp3) is 0.750. The smallest absolute Gasteiger partial charge is 0.222 e. The summed E-state index contributed by atoms with van der Waals surface area (Å²) in [5.41, 5.74) is 1.26. The van der Waals surface area contributed by atoms with Gasteiger partial charge in [0, 0.05) is 63.4 Å². The van der Waals surface area contributed by atoms with E-state index in [0.717, 1.165) is 32.5 Å². The van der Waals surface area contributed by atoms with Crippen molar-refractivity contribution in [3.63, 3.8) is 0 Å². The van der Waals surface area contributed by atoms with Crippen molar-refractivity contribution in [1.82, 2.24) is 19.4 Å². The summed E-state index contributed by atoms with van der Waals surface area (Å²) in [6.45, 7) is 3.12. The Balaban J connectivity index is 1.51. The van der Waals surface area contributed by atoms with E-state index in [0.29, 0.717) is 18.9 Å². The number of aromatic nitrogens is 2. The van der Waals surface area contributed by atoms with E-state index in [4.69, 9.17) is 0 Å². The number of aryl methyl sites for hydroxylation is 1. The van der Waals surface area contributed by atoms with Crippen LogP contribution in [0.15, 0.2) is 12.5 Å². The van der Waals surface area contributed by atoms with E-state index in [1.165, 1.54) is 5.69 Å². The van der Waals surface area contributed by atoms with Crippen LogP contribution in [0.2, 0.25) is 0 Å². The number of rotatable bonds is 3. The van der Waals surface area contributed by atoms with Crippen molar-refractivity contribution in [3.8, 4) is 0 Å². The largest absolute Gasteiger partial charge is 0.391 e. The third kappa shape index (κ3) is 3.17. The van der Waals surface area contributed by atoms with Crippen LogP contribution in [-0.4, -0.2) is 69.7 Å². The number of imidazole rings is 1. The number of hydrogen-bond donors (Lipinski definition) is 1. The lowest BCUT2D eigenvalue weighted by atomic mass is 9.93. The predicted octanol–water partition coefficient (Wildman–Crippen LogP) is 0.439. The molecule has 1 N–H and O–H groups in total. The molecule has 0 unspecified atom stereocenters. The second-order valence-electron chi connectivity index (χ2n) is 6.84. The molecule has 1 aromatic rings. The second kappa shape index (κ2) is 6.38. The fourth-order valence-electron chi connectivity index (χ4n) is 3.80. The molecule has 0 aliphatic carbocycles. The van der Waals surface area contributed by atoms with Gasteiger partial charge in [-0.3, -0.25) is 4.79 Å². The molecule has 0 aromatic carbocycles. The van der Waals surface area contributed by atoms with Crippen LogP contribution in [0.5, 0.6) is 0 Å². The van der Waals surface area contributed by atoms with Crippen molar-refractivity contribution in [2.24, 2.45) is 13.0 Å². The number of β-amino-alcohol motifs (C(OH)–C–C–N with tert-alkyl or cyclic N) is 1. The van der Waals surface area contributed by atoms with Gasteiger partial charge in [0.2, 0.25) is 5.91 Å². The highest BCUT2D eigenvalue weighted by molar-refractivity contribution is 5.76. The maximum absolute atomic E-state index is 12.4. The minimum atomic E-state index is -0.360. The molecule has 2 aliphatic rings. The summed E-state index contributed by atoms with van der Waals surface area (Å²) in [4.78, 5) is 20.7. The average Bonchev–Trinajstić information content (AvgIpc) is 3.05. The van der Waals surface area contributed by atoms with Gasteiger partial charge in [0.1, 0.15) is 0 Å². The van der Waals surface area contributed by atoms with Gasteiger partial charge in [0.25, 0.3) is 0 Å². The van der Waals surface area contributed by atoms with Gasteiger partial charge >= 0.3 is 0 Å². The van der Waals surface area contributed by atoms with Gasteiger partial charge in [0.15, 0.2) is 0 Å². The summed E-state index contributed by atoms with van der Waals surface area (Å²) in [7, 11) is 4.02. The second-order valence-corrected chi connectivity index (χ2v) is 6.84. The van der Waals surface area contributed by atoms with Gasteiger partial charge < -0.3 is 19.5 Å². The number of likely N-dealkylation sites (N-methyl/N-ethyl adjacent to an activating group) is 1. The number of piperidine rings is 1. The Labute approximate surface area is 131 Å². The molecule has 0 saturated carbocycles. The predicted molar refractivity (Wildman–Crippen MR) is 83.4 cm³/mol. The number of nitrogens with zero attached hydrogens (tertiary/aromatic N) is 4. The number of hydrogen-bond acceptors (Lipinski definition) is 4. The highest BCUT2D eigenvalue weighted by Gasteiger charge is 2.33. The van der Waals surface area contributed by atoms with Crippen molar-refractivity contribution in [2.45, 2.75) is 31.3 Å². The molecule has 22 heavy (non-hydrogen) atoms. The highest BCUT2D eigenvalue weighted by Crippen LogP contribution is 2.28. The SMILES string of the molecule is CN1C[C@@H](CC(=O)N2CCC(c3cncn3C)CC2)[C@H](O)C1. The zero-order valence-corrected chi connectivity index (χ0v) is 13.5. The number of carbonyl (C=O) groups is 1. The Morgan fingerprint density at radius 2 is 2.05 bits per heavy atom. The standard InChI is InChI=1S/C16H26N4O2/c1-18-9-13(15(21)10-18)7-16(22)20-5-3-12(4-6-20)14-8-17-11-19(14)2/h8,11-13,15,21H,3-7,9-10H2,1-2H3/t13-,15-/m1/s1. The third-order valence-electron chi connectivity index (χ3n) is 5.15. The summed E-state index contributed by atoms with van der Waals surface area (Å²) < 4.78 is 2.08. The Morgan fingerprint density at radius 1 is 1.32 bits per heavy atom. The number of carbonyl (C=O) groups excluding carboxylic acids is 1. The van der Waals surface area contributed by atoms with Gasteiger partial charge in [-0.05, 0) is 19.9 Å². The lowest BCUT2D eigenvalue weighted by Crippen LogP contribution is -2.40. The topological polar surface area (TPSA) is 61.6 Å². The molecule has 0 bridgehead atoms. The molecular weight excluding hydrogens is 280 g/mol. The Bertz CT molecular complexity index is 522. The van der Waals surface area contributed by atoms with E-state index in [2.05, 4.69) is 14.5 Å². The normalized spacial score (nSPS) is 27.5. The summed E-state index contributed by atoms with van der Waals surface area (Å²) in [6, 6.07) is 0. The van der Waals surface area contributed by atoms with E-state index < -0.39 is 0 Å². The molecule has 2 atom stereocenters. The first-order valence-corrected chi connectivity index (χ1v) is 8.15. The number of amides is 1. The quantitative estimate of drug-likeness (QED) is 0.880. The monoisotopic (exact) mass is 306 g/mol. The van der Waals surface area contributed by atoms with Crippen molar-refractivity contribution < 1.29 is 9.90 Å². The van der Waals surface area contributed by atoms with Crippen molar-refractivity contribution in [2.75, 3.05) is 33.2 Å². The van der Waals surface area contributed by atoms with Crippen LogP contribution >= 0.6 is 0 Å². The molecule has 6 nitrogen and oxygen atoms in total. The van der Waals surface area contributed by atoms with Crippen LogP contribution in [0.4, 0.5) is 0 Å². The molecule has 0 spiro atoms. The minimum Gasteiger partial charge on any atom is -0.391 e. The molecule has 2 fully saturated rings. The Kier molecular flexibility index (Phi) is 4.49. The minimum absolute atomic E-state index is 0.0901. The van der Waals surface area contributed by atoms with E-state index in [-0.39, 0.29) is 17.9 Å². The Morgan fingerprint density at radius 3 is 2.59 bits per heavy atom. The van der Waals surface area contributed by atoms with Gasteiger partial charge in [0.05, 0.1) is 12.4 Å².